The summed E-state index contributed by atoms with van der Waals surface area (Å²) in [5, 5.41) is 29.4. The number of nitro benzene ring substituents is 1. The van der Waals surface area contributed by atoms with Gasteiger partial charge in [-0.05, 0) is 18.2 Å². The number of aliphatic hydroxyl groups is 2. The molecule has 0 radical (unpaired) electrons. The van der Waals surface area contributed by atoms with Gasteiger partial charge in [0.15, 0.2) is 0 Å². The van der Waals surface area contributed by atoms with Crippen LogP contribution in [-0.4, -0.2) is 26.7 Å². The van der Waals surface area contributed by atoms with Gasteiger partial charge in [-0.25, -0.2) is 4.98 Å². The van der Waals surface area contributed by atoms with E-state index in [2.05, 4.69) is 4.98 Å². The zero-order chi connectivity index (χ0) is 12.4. The highest BCUT2D eigenvalue weighted by Gasteiger charge is 2.14. The topological polar surface area (TPSA) is 96.5 Å². The van der Waals surface area contributed by atoms with Gasteiger partial charge in [0, 0.05) is 6.07 Å². The van der Waals surface area contributed by atoms with Gasteiger partial charge >= 0.3 is 0 Å². The molecule has 1 aromatic carbocycles. The van der Waals surface area contributed by atoms with E-state index in [9.17, 15) is 15.2 Å². The molecule has 0 aliphatic carbocycles. The molecule has 1 atom stereocenters. The maximum absolute atomic E-state index is 10.8. The summed E-state index contributed by atoms with van der Waals surface area (Å²) < 4.78 is 0. The Morgan fingerprint density at radius 1 is 1.35 bits per heavy atom. The third-order valence-electron chi connectivity index (χ3n) is 2.44. The smallest absolute Gasteiger partial charge is 0.278 e. The first-order valence-electron chi connectivity index (χ1n) is 4.96. The maximum atomic E-state index is 10.8. The van der Waals surface area contributed by atoms with E-state index in [0.29, 0.717) is 16.6 Å². The molecule has 0 saturated carbocycles. The standard InChI is InChI=1S/C11H10N2O4/c14-6-11(15)9-5-4-7-8(12-9)2-1-3-10(7)13(16)17/h1-5,11,14-15H,6H2. The van der Waals surface area contributed by atoms with Crippen molar-refractivity contribution in [1.82, 2.24) is 4.98 Å². The molecular weight excluding hydrogens is 224 g/mol. The molecular formula is C11H10N2O4. The number of hydrogen-bond acceptors (Lipinski definition) is 5. The number of nitrogens with zero attached hydrogens (tertiary/aromatic N) is 2. The summed E-state index contributed by atoms with van der Waals surface area (Å²) in [4.78, 5) is 14.4. The van der Waals surface area contributed by atoms with Crippen LogP contribution in [0.2, 0.25) is 0 Å². The molecule has 6 nitrogen and oxygen atoms in total. The van der Waals surface area contributed by atoms with Crippen LogP contribution >= 0.6 is 0 Å². The van der Waals surface area contributed by atoms with Crippen LogP contribution in [0.25, 0.3) is 10.9 Å². The second kappa shape index (κ2) is 4.44. The van der Waals surface area contributed by atoms with Crippen LogP contribution in [0, 0.1) is 10.1 Å². The molecule has 1 heterocycles. The van der Waals surface area contributed by atoms with E-state index in [1.165, 1.54) is 24.3 Å². The number of non-ortho nitro benzene ring substituents is 1. The zero-order valence-corrected chi connectivity index (χ0v) is 8.78. The minimum Gasteiger partial charge on any atom is -0.393 e. The Kier molecular flexibility index (Phi) is 2.99. The van der Waals surface area contributed by atoms with Gasteiger partial charge < -0.3 is 10.2 Å². The SMILES string of the molecule is O=[N+]([O-])c1cccc2nc(C(O)CO)ccc12. The minimum atomic E-state index is -1.07. The minimum absolute atomic E-state index is 0.0277. The summed E-state index contributed by atoms with van der Waals surface area (Å²) in [7, 11) is 0. The number of benzene rings is 1. The molecule has 2 rings (SSSR count). The van der Waals surface area contributed by atoms with E-state index in [-0.39, 0.29) is 5.69 Å². The lowest BCUT2D eigenvalue weighted by Gasteiger charge is -2.07. The molecule has 0 saturated heterocycles. The van der Waals surface area contributed by atoms with Crippen molar-refractivity contribution in [3.63, 3.8) is 0 Å². The highest BCUT2D eigenvalue weighted by atomic mass is 16.6. The van der Waals surface area contributed by atoms with Gasteiger partial charge in [-0.3, -0.25) is 10.1 Å². The Bertz CT molecular complexity index is 570. The van der Waals surface area contributed by atoms with Gasteiger partial charge in [0.2, 0.25) is 0 Å². The fourth-order valence-corrected chi connectivity index (χ4v) is 1.59. The van der Waals surface area contributed by atoms with Crippen LogP contribution in [0.4, 0.5) is 5.69 Å². The largest absolute Gasteiger partial charge is 0.393 e. The summed E-state index contributed by atoms with van der Waals surface area (Å²) in [6.07, 6.45) is -1.07. The van der Waals surface area contributed by atoms with Crippen molar-refractivity contribution in [3.05, 3.63) is 46.1 Å². The van der Waals surface area contributed by atoms with E-state index >= 15 is 0 Å². The molecule has 0 bridgehead atoms. The van der Waals surface area contributed by atoms with Gasteiger partial charge in [0.05, 0.1) is 28.1 Å². The first-order chi connectivity index (χ1) is 8.13. The molecule has 0 aliphatic rings. The van der Waals surface area contributed by atoms with Crippen molar-refractivity contribution in [1.29, 1.82) is 0 Å². The van der Waals surface area contributed by atoms with Crippen LogP contribution < -0.4 is 0 Å². The van der Waals surface area contributed by atoms with E-state index in [4.69, 9.17) is 5.11 Å². The average Bonchev–Trinajstić information content (AvgIpc) is 2.36. The fraction of sp³-hybridized carbons (Fsp3) is 0.182. The monoisotopic (exact) mass is 234 g/mol. The molecule has 1 unspecified atom stereocenters. The number of fused-ring (bicyclic) bond motifs is 1. The van der Waals surface area contributed by atoms with Crippen molar-refractivity contribution in [2.45, 2.75) is 6.10 Å². The maximum Gasteiger partial charge on any atom is 0.278 e. The van der Waals surface area contributed by atoms with Crippen LogP contribution in [0.3, 0.4) is 0 Å². The van der Waals surface area contributed by atoms with E-state index in [1.54, 1.807) is 6.07 Å². The van der Waals surface area contributed by atoms with Crippen LogP contribution in [0.1, 0.15) is 11.8 Å². The Labute approximate surface area is 96.3 Å². The predicted octanol–water partition coefficient (Wildman–Crippen LogP) is 1.17. The van der Waals surface area contributed by atoms with Crippen LogP contribution in [0.15, 0.2) is 30.3 Å². The molecule has 0 amide bonds. The number of aliphatic hydroxyl groups excluding tert-OH is 2. The normalized spacial score (nSPS) is 12.6. The molecule has 88 valence electrons. The fourth-order valence-electron chi connectivity index (χ4n) is 1.59. The van der Waals surface area contributed by atoms with Crippen molar-refractivity contribution in [2.24, 2.45) is 0 Å². The summed E-state index contributed by atoms with van der Waals surface area (Å²) >= 11 is 0. The summed E-state index contributed by atoms with van der Waals surface area (Å²) in [5.74, 6) is 0. The Morgan fingerprint density at radius 2 is 2.12 bits per heavy atom. The summed E-state index contributed by atoms with van der Waals surface area (Å²) in [6.45, 7) is -0.437. The van der Waals surface area contributed by atoms with E-state index < -0.39 is 17.6 Å². The number of hydrogen-bond donors (Lipinski definition) is 2. The van der Waals surface area contributed by atoms with E-state index in [0.717, 1.165) is 0 Å². The molecule has 0 fully saturated rings. The molecule has 2 N–H and O–H groups in total. The highest BCUT2D eigenvalue weighted by Crippen LogP contribution is 2.25. The van der Waals surface area contributed by atoms with Crippen LogP contribution in [-0.2, 0) is 0 Å². The van der Waals surface area contributed by atoms with Crippen molar-refractivity contribution in [3.8, 4) is 0 Å². The highest BCUT2D eigenvalue weighted by molar-refractivity contribution is 5.87. The Hall–Kier alpha value is -2.05. The zero-order valence-electron chi connectivity index (χ0n) is 8.78. The number of rotatable bonds is 3. The van der Waals surface area contributed by atoms with Gasteiger partial charge in [-0.2, -0.15) is 0 Å². The van der Waals surface area contributed by atoms with Gasteiger partial charge in [-0.15, -0.1) is 0 Å². The van der Waals surface area contributed by atoms with E-state index in [1.807, 2.05) is 0 Å². The quantitative estimate of drug-likeness (QED) is 0.613. The Balaban J connectivity index is 2.60. The average molecular weight is 234 g/mol. The lowest BCUT2D eigenvalue weighted by molar-refractivity contribution is -0.383. The first kappa shape index (κ1) is 11.4. The van der Waals surface area contributed by atoms with Gasteiger partial charge in [0.25, 0.3) is 5.69 Å². The third-order valence-corrected chi connectivity index (χ3v) is 2.44. The second-order valence-electron chi connectivity index (χ2n) is 3.54. The van der Waals surface area contributed by atoms with Gasteiger partial charge in [0.1, 0.15) is 6.10 Å². The molecule has 0 aliphatic heterocycles. The Morgan fingerprint density at radius 3 is 2.76 bits per heavy atom. The third kappa shape index (κ3) is 2.08. The second-order valence-corrected chi connectivity index (χ2v) is 3.54. The molecule has 6 heteroatoms. The van der Waals surface area contributed by atoms with Crippen molar-refractivity contribution < 1.29 is 15.1 Å². The number of aromatic nitrogens is 1. The van der Waals surface area contributed by atoms with Crippen LogP contribution in [0.5, 0.6) is 0 Å². The molecule has 17 heavy (non-hydrogen) atoms. The predicted molar refractivity (Wildman–Crippen MR) is 60.4 cm³/mol. The van der Waals surface area contributed by atoms with Crippen molar-refractivity contribution >= 4 is 16.6 Å². The molecule has 1 aromatic heterocycles. The molecule has 0 spiro atoms. The summed E-state index contributed by atoms with van der Waals surface area (Å²) in [5.41, 5.74) is 0.685. The molecule has 2 aromatic rings. The van der Waals surface area contributed by atoms with Gasteiger partial charge in [-0.1, -0.05) is 6.07 Å². The lowest BCUT2D eigenvalue weighted by Crippen LogP contribution is -2.05. The number of pyridine rings is 1. The first-order valence-corrected chi connectivity index (χ1v) is 4.96. The number of nitro groups is 1. The van der Waals surface area contributed by atoms with Crippen molar-refractivity contribution in [2.75, 3.05) is 6.61 Å². The summed E-state index contributed by atoms with van der Waals surface area (Å²) in [6, 6.07) is 7.54. The lowest BCUT2D eigenvalue weighted by atomic mass is 10.1.